The maximum absolute atomic E-state index is 12.8. The molecule has 96 valence electrons. The highest BCUT2D eigenvalue weighted by Gasteiger charge is 2.10. The molecule has 0 amide bonds. The van der Waals surface area contributed by atoms with Crippen LogP contribution in [-0.4, -0.2) is 20.4 Å². The van der Waals surface area contributed by atoms with Crippen LogP contribution in [0.2, 0.25) is 0 Å². The lowest BCUT2D eigenvalue weighted by atomic mass is 10.1. The van der Waals surface area contributed by atoms with Crippen molar-refractivity contribution in [1.82, 2.24) is 15.2 Å². The summed E-state index contributed by atoms with van der Waals surface area (Å²) in [6.07, 6.45) is 4.85. The Morgan fingerprint density at radius 2 is 2.33 bits per heavy atom. The monoisotopic (exact) mass is 253 g/mol. The smallest absolute Gasteiger partial charge is 0.324 e. The van der Waals surface area contributed by atoms with Crippen LogP contribution in [0.4, 0.5) is 10.2 Å². The Balaban J connectivity index is 2.14. The lowest BCUT2D eigenvalue weighted by Gasteiger charge is -2.26. The van der Waals surface area contributed by atoms with Crippen LogP contribution in [0.1, 0.15) is 12.8 Å². The summed E-state index contributed by atoms with van der Waals surface area (Å²) in [5.41, 5.74) is 5.42. The van der Waals surface area contributed by atoms with E-state index in [1.54, 1.807) is 6.08 Å². The molecule has 0 atom stereocenters. The van der Waals surface area contributed by atoms with E-state index in [1.807, 2.05) is 0 Å². The summed E-state index contributed by atoms with van der Waals surface area (Å²) in [5.74, 6) is -0.775. The Hall–Kier alpha value is -2.19. The van der Waals surface area contributed by atoms with Crippen LogP contribution in [-0.2, 0) is 0 Å². The van der Waals surface area contributed by atoms with Gasteiger partial charge in [-0.2, -0.15) is 4.98 Å². The van der Waals surface area contributed by atoms with E-state index in [1.165, 1.54) is 6.08 Å². The number of nitrogens with two attached hydrogens (primary N) is 1. The van der Waals surface area contributed by atoms with Gasteiger partial charge < -0.3 is 20.9 Å². The first kappa shape index (κ1) is 12.3. The van der Waals surface area contributed by atoms with Gasteiger partial charge in [-0.1, -0.05) is 0 Å². The number of ether oxygens (including phenoxy) is 1. The first-order chi connectivity index (χ1) is 8.56. The van der Waals surface area contributed by atoms with E-state index in [0.717, 1.165) is 6.20 Å². The molecule has 1 heterocycles. The maximum Gasteiger partial charge on any atom is 0.324 e. The topological polar surface area (TPSA) is 108 Å². The highest BCUT2D eigenvalue weighted by Crippen LogP contribution is 2.21. The molecule has 0 radical (unpaired) electrons. The van der Waals surface area contributed by atoms with Crippen LogP contribution < -0.4 is 10.5 Å². The molecule has 1 aliphatic carbocycles. The van der Waals surface area contributed by atoms with Crippen LogP contribution >= 0.6 is 0 Å². The van der Waals surface area contributed by atoms with Gasteiger partial charge in [0.25, 0.3) is 0 Å². The molecular weight excluding hydrogens is 243 g/mol. The van der Waals surface area contributed by atoms with Gasteiger partial charge in [0.15, 0.2) is 11.6 Å². The summed E-state index contributed by atoms with van der Waals surface area (Å²) in [5, 5.41) is 19.3. The van der Waals surface area contributed by atoms with Gasteiger partial charge >= 0.3 is 6.01 Å². The van der Waals surface area contributed by atoms with Crippen molar-refractivity contribution in [2.75, 3.05) is 5.73 Å². The van der Waals surface area contributed by atoms with E-state index in [-0.39, 0.29) is 28.5 Å². The number of aromatic nitrogens is 2. The first-order valence-electron chi connectivity index (χ1n) is 5.09. The fourth-order valence-electron chi connectivity index (χ4n) is 1.40. The van der Waals surface area contributed by atoms with Crippen LogP contribution in [0.3, 0.4) is 0 Å². The minimum absolute atomic E-state index is 0.131. The van der Waals surface area contributed by atoms with Gasteiger partial charge in [-0.05, 0) is 18.9 Å². The molecule has 0 aromatic carbocycles. The standard InChI is InChI=1S/C10H10FN4O3/c11-8-5-13-10(14-9(8)12)18-7-3-1-2-6(4-7)15(16)17/h3-5,16H,1-2H2,(H2,12,13,14)/q-1. The van der Waals surface area contributed by atoms with Gasteiger partial charge in [0.05, 0.1) is 6.20 Å². The highest BCUT2D eigenvalue weighted by molar-refractivity contribution is 5.31. The summed E-state index contributed by atoms with van der Waals surface area (Å²) in [6.45, 7) is 0. The van der Waals surface area contributed by atoms with Crippen molar-refractivity contribution in [3.8, 4) is 6.01 Å². The molecule has 0 unspecified atom stereocenters. The number of nitrogens with zero attached hydrogens (tertiary/aromatic N) is 3. The van der Waals surface area contributed by atoms with Gasteiger partial charge in [-0.3, -0.25) is 5.21 Å². The van der Waals surface area contributed by atoms with Crippen molar-refractivity contribution in [3.05, 3.63) is 40.8 Å². The molecule has 3 N–H and O–H groups in total. The van der Waals surface area contributed by atoms with Crippen LogP contribution in [0, 0.1) is 11.0 Å². The van der Waals surface area contributed by atoms with Crippen LogP contribution in [0.25, 0.3) is 0 Å². The molecule has 1 aliphatic rings. The molecule has 0 spiro atoms. The first-order valence-corrected chi connectivity index (χ1v) is 5.09. The number of halogens is 1. The number of hydroxylamine groups is 2. The molecule has 0 fully saturated rings. The van der Waals surface area contributed by atoms with E-state index in [0.29, 0.717) is 12.8 Å². The SMILES string of the molecule is Nc1nc(OC2=CCCC(N([O-])O)=C2)ncc1F. The number of nitrogen functional groups attached to an aromatic ring is 1. The summed E-state index contributed by atoms with van der Waals surface area (Å²) in [4.78, 5) is 7.17. The Bertz CT molecular complexity index is 516. The van der Waals surface area contributed by atoms with E-state index in [4.69, 9.17) is 15.7 Å². The molecule has 0 saturated heterocycles. The summed E-state index contributed by atoms with van der Waals surface area (Å²) >= 11 is 0. The van der Waals surface area contributed by atoms with Crippen molar-refractivity contribution in [1.29, 1.82) is 0 Å². The zero-order valence-corrected chi connectivity index (χ0v) is 9.21. The maximum atomic E-state index is 12.8. The summed E-state index contributed by atoms with van der Waals surface area (Å²) in [6, 6.07) is -0.131. The molecule has 1 aromatic heterocycles. The molecule has 18 heavy (non-hydrogen) atoms. The third kappa shape index (κ3) is 2.73. The summed E-state index contributed by atoms with van der Waals surface area (Å²) in [7, 11) is 0. The fourth-order valence-corrected chi connectivity index (χ4v) is 1.40. The van der Waals surface area contributed by atoms with Crippen molar-refractivity contribution in [2.24, 2.45) is 0 Å². The average Bonchev–Trinajstić information content (AvgIpc) is 2.34. The molecule has 8 heteroatoms. The predicted octanol–water partition coefficient (Wildman–Crippen LogP) is 1.33. The minimum Gasteiger partial charge on any atom is -0.734 e. The largest absolute Gasteiger partial charge is 0.734 e. The Kier molecular flexibility index (Phi) is 3.40. The molecule has 2 rings (SSSR count). The molecular formula is C10H10FN4O3-. The molecule has 7 nitrogen and oxygen atoms in total. The van der Waals surface area contributed by atoms with Gasteiger partial charge in [0.2, 0.25) is 0 Å². The van der Waals surface area contributed by atoms with E-state index >= 15 is 0 Å². The Morgan fingerprint density at radius 1 is 1.56 bits per heavy atom. The minimum atomic E-state index is -0.739. The molecule has 0 saturated carbocycles. The number of anilines is 1. The number of hydrogen-bond acceptors (Lipinski definition) is 7. The van der Waals surface area contributed by atoms with Crippen LogP contribution in [0.5, 0.6) is 6.01 Å². The summed E-state index contributed by atoms with van der Waals surface area (Å²) < 4.78 is 18.0. The predicted molar refractivity (Wildman–Crippen MR) is 59.4 cm³/mol. The number of hydrogen-bond donors (Lipinski definition) is 2. The molecule has 0 aliphatic heterocycles. The van der Waals surface area contributed by atoms with E-state index in [9.17, 15) is 9.60 Å². The lowest BCUT2D eigenvalue weighted by molar-refractivity contribution is -0.00769. The van der Waals surface area contributed by atoms with Crippen LogP contribution in [0.15, 0.2) is 29.8 Å². The fraction of sp³-hybridized carbons (Fsp3) is 0.200. The average molecular weight is 253 g/mol. The van der Waals surface area contributed by atoms with Crippen molar-refractivity contribution < 1.29 is 14.3 Å². The van der Waals surface area contributed by atoms with Crippen molar-refractivity contribution >= 4 is 5.82 Å². The normalized spacial score (nSPS) is 14.8. The lowest BCUT2D eigenvalue weighted by Crippen LogP contribution is -2.13. The van der Waals surface area contributed by atoms with Gasteiger partial charge in [-0.15, -0.1) is 0 Å². The molecule has 1 aromatic rings. The number of allylic oxidation sites excluding steroid dienone is 3. The van der Waals surface area contributed by atoms with E-state index < -0.39 is 5.82 Å². The second-order valence-corrected chi connectivity index (χ2v) is 3.54. The second kappa shape index (κ2) is 4.98. The third-order valence-corrected chi connectivity index (χ3v) is 2.26. The molecule has 0 bridgehead atoms. The zero-order chi connectivity index (χ0) is 13.1. The zero-order valence-electron chi connectivity index (χ0n) is 9.21. The quantitative estimate of drug-likeness (QED) is 0.782. The van der Waals surface area contributed by atoms with Gasteiger partial charge in [0, 0.05) is 11.8 Å². The van der Waals surface area contributed by atoms with Gasteiger partial charge in [0.1, 0.15) is 5.76 Å². The Morgan fingerprint density at radius 3 is 3.00 bits per heavy atom. The third-order valence-electron chi connectivity index (χ3n) is 2.26. The second-order valence-electron chi connectivity index (χ2n) is 3.54. The van der Waals surface area contributed by atoms with E-state index in [2.05, 4.69) is 9.97 Å². The van der Waals surface area contributed by atoms with Crippen molar-refractivity contribution in [3.63, 3.8) is 0 Å². The Labute approximate surface area is 102 Å². The highest BCUT2D eigenvalue weighted by atomic mass is 19.1. The number of rotatable bonds is 3. The van der Waals surface area contributed by atoms with Crippen molar-refractivity contribution in [2.45, 2.75) is 12.8 Å². The van der Waals surface area contributed by atoms with Gasteiger partial charge in [-0.25, -0.2) is 9.37 Å².